The number of benzene rings is 2. The van der Waals surface area contributed by atoms with Crippen LogP contribution in [0.1, 0.15) is 48.9 Å². The molecule has 2 aromatic carbocycles. The van der Waals surface area contributed by atoms with E-state index in [2.05, 4.69) is 70.7 Å². The molecule has 4 aliphatic rings. The summed E-state index contributed by atoms with van der Waals surface area (Å²) in [4.78, 5) is 31.8. The average Bonchev–Trinajstić information content (AvgIpc) is 3.64. The summed E-state index contributed by atoms with van der Waals surface area (Å²) in [5.41, 5.74) is 4.84. The van der Waals surface area contributed by atoms with Crippen molar-refractivity contribution in [1.82, 2.24) is 19.8 Å². The van der Waals surface area contributed by atoms with Crippen LogP contribution in [0.5, 0.6) is 6.01 Å². The van der Waals surface area contributed by atoms with Gasteiger partial charge in [-0.05, 0) is 75.2 Å². The molecule has 0 N–H and O–H groups in total. The van der Waals surface area contributed by atoms with Gasteiger partial charge in [0.2, 0.25) is 5.91 Å². The molecule has 0 unspecified atom stereocenters. The predicted octanol–water partition coefficient (Wildman–Crippen LogP) is 4.87. The second kappa shape index (κ2) is 12.3. The summed E-state index contributed by atoms with van der Waals surface area (Å²) in [7, 11) is 0. The van der Waals surface area contributed by atoms with E-state index in [-0.39, 0.29) is 23.8 Å². The minimum absolute atomic E-state index is 0.127. The maximum atomic E-state index is 12.6. The number of nitriles is 1. The summed E-state index contributed by atoms with van der Waals surface area (Å²) in [5, 5.41) is 12.1. The quantitative estimate of drug-likeness (QED) is 0.319. The summed E-state index contributed by atoms with van der Waals surface area (Å²) >= 11 is 0. The van der Waals surface area contributed by atoms with E-state index in [1.54, 1.807) is 4.90 Å². The fourth-order valence-electron chi connectivity index (χ4n) is 7.58. The molecule has 3 fully saturated rings. The highest BCUT2D eigenvalue weighted by atomic mass is 16.5. The Morgan fingerprint density at radius 3 is 2.64 bits per heavy atom. The van der Waals surface area contributed by atoms with E-state index >= 15 is 0 Å². The van der Waals surface area contributed by atoms with E-state index in [0.29, 0.717) is 38.8 Å². The average molecular weight is 606 g/mol. The molecule has 3 aliphatic heterocycles. The molecule has 3 aromatic rings. The highest BCUT2D eigenvalue weighted by Gasteiger charge is 2.45. The Balaban J connectivity index is 1.20. The fourth-order valence-corrected chi connectivity index (χ4v) is 7.58. The Kier molecular flexibility index (Phi) is 8.09. The van der Waals surface area contributed by atoms with E-state index in [1.165, 1.54) is 66.9 Å². The smallest absolute Gasteiger partial charge is 0.318 e. The number of anilines is 2. The van der Waals surface area contributed by atoms with Crippen LogP contribution >= 0.6 is 0 Å². The minimum atomic E-state index is -0.224. The van der Waals surface area contributed by atoms with Crippen molar-refractivity contribution in [1.29, 1.82) is 5.26 Å². The van der Waals surface area contributed by atoms with E-state index in [9.17, 15) is 10.1 Å². The number of ether oxygens (including phenoxy) is 1. The van der Waals surface area contributed by atoms with Crippen LogP contribution < -0.4 is 14.5 Å². The normalized spacial score (nSPS) is 21.0. The Morgan fingerprint density at radius 1 is 1.09 bits per heavy atom. The topological polar surface area (TPSA) is 88.8 Å². The van der Waals surface area contributed by atoms with Crippen molar-refractivity contribution in [2.75, 3.05) is 62.2 Å². The molecular formula is C36H43N7O2. The third-order valence-corrected chi connectivity index (χ3v) is 10.2. The lowest BCUT2D eigenvalue weighted by Gasteiger charge is -2.42. The number of carbonyl (C=O) groups is 1. The van der Waals surface area contributed by atoms with Gasteiger partial charge < -0.3 is 24.3 Å². The van der Waals surface area contributed by atoms with Gasteiger partial charge in [0.1, 0.15) is 5.82 Å². The van der Waals surface area contributed by atoms with Crippen molar-refractivity contribution in [3.63, 3.8) is 0 Å². The zero-order chi connectivity index (χ0) is 31.0. The van der Waals surface area contributed by atoms with Crippen molar-refractivity contribution >= 4 is 28.2 Å². The molecule has 1 aliphatic carbocycles. The highest BCUT2D eigenvalue weighted by molar-refractivity contribution is 5.97. The van der Waals surface area contributed by atoms with Crippen LogP contribution in [0.3, 0.4) is 0 Å². The highest BCUT2D eigenvalue weighted by Crippen LogP contribution is 2.47. The van der Waals surface area contributed by atoms with Gasteiger partial charge in [-0.15, -0.1) is 0 Å². The van der Waals surface area contributed by atoms with Gasteiger partial charge in [0.15, 0.2) is 0 Å². The molecule has 9 heteroatoms. The lowest BCUT2D eigenvalue weighted by atomic mass is 9.99. The lowest BCUT2D eigenvalue weighted by Crippen LogP contribution is -2.55. The van der Waals surface area contributed by atoms with Crippen LogP contribution in [-0.2, 0) is 17.8 Å². The molecule has 1 saturated carbocycles. The Labute approximate surface area is 266 Å². The van der Waals surface area contributed by atoms with E-state index in [4.69, 9.17) is 14.7 Å². The number of rotatable bonds is 9. The molecule has 0 bridgehead atoms. The molecule has 9 nitrogen and oxygen atoms in total. The Bertz CT molecular complexity index is 1630. The molecular weight excluding hydrogens is 562 g/mol. The number of hydrogen-bond acceptors (Lipinski definition) is 8. The van der Waals surface area contributed by atoms with Crippen LogP contribution in [0.4, 0.5) is 11.5 Å². The van der Waals surface area contributed by atoms with Gasteiger partial charge in [-0.2, -0.15) is 15.2 Å². The zero-order valence-corrected chi connectivity index (χ0v) is 26.4. The van der Waals surface area contributed by atoms with Crippen LogP contribution in [0.2, 0.25) is 0 Å². The third kappa shape index (κ3) is 5.96. The van der Waals surface area contributed by atoms with Crippen molar-refractivity contribution < 1.29 is 9.53 Å². The van der Waals surface area contributed by atoms with Gasteiger partial charge in [-0.3, -0.25) is 4.79 Å². The van der Waals surface area contributed by atoms with Crippen molar-refractivity contribution in [2.45, 2.75) is 58.0 Å². The minimum Gasteiger partial charge on any atom is -0.463 e. The van der Waals surface area contributed by atoms with Crippen LogP contribution in [0.15, 0.2) is 49.1 Å². The van der Waals surface area contributed by atoms with Gasteiger partial charge in [0, 0.05) is 54.8 Å². The second-order valence-electron chi connectivity index (χ2n) is 13.3. The van der Waals surface area contributed by atoms with Crippen LogP contribution in [0, 0.1) is 23.7 Å². The first-order valence-corrected chi connectivity index (χ1v) is 16.5. The van der Waals surface area contributed by atoms with E-state index in [0.717, 1.165) is 36.6 Å². The number of fused-ring (bicyclic) bond motifs is 2. The van der Waals surface area contributed by atoms with E-state index in [1.807, 2.05) is 0 Å². The molecule has 1 aromatic heterocycles. The number of piperazine rings is 1. The first-order valence-electron chi connectivity index (χ1n) is 16.5. The standard InChI is InChI=1S/C36H43N7O2/c1-3-32(44)43-21-20-42(22-28(43)12-16-37)34-29-13-19-41(31-11-7-10-27-9-6-8-26(2)33(27)31)23-30(29)38-35(39-34)45-25-36(14-15-36)24-40-17-4-5-18-40/h3,6-11,28H,1,4-5,12-15,17-25H2,2H3/t28-/m0/s1. The summed E-state index contributed by atoms with van der Waals surface area (Å²) in [6.45, 7) is 13.2. The van der Waals surface area contributed by atoms with Crippen LogP contribution in [-0.4, -0.2) is 84.1 Å². The maximum Gasteiger partial charge on any atom is 0.318 e. The molecule has 7 rings (SSSR count). The second-order valence-corrected chi connectivity index (χ2v) is 13.3. The lowest BCUT2D eigenvalue weighted by molar-refractivity contribution is -0.128. The summed E-state index contributed by atoms with van der Waals surface area (Å²) in [5.74, 6) is 0.763. The molecule has 45 heavy (non-hydrogen) atoms. The number of likely N-dealkylation sites (tertiary alicyclic amines) is 1. The molecule has 0 spiro atoms. The molecule has 2 saturated heterocycles. The summed E-state index contributed by atoms with van der Waals surface area (Å²) in [6, 6.07) is 15.5. The van der Waals surface area contributed by atoms with Gasteiger partial charge in [-0.1, -0.05) is 36.9 Å². The maximum absolute atomic E-state index is 12.6. The predicted molar refractivity (Wildman–Crippen MR) is 176 cm³/mol. The summed E-state index contributed by atoms with van der Waals surface area (Å²) < 4.78 is 6.50. The third-order valence-electron chi connectivity index (χ3n) is 10.2. The largest absolute Gasteiger partial charge is 0.463 e. The Hall–Kier alpha value is -4.16. The van der Waals surface area contributed by atoms with Crippen LogP contribution in [0.25, 0.3) is 10.8 Å². The summed E-state index contributed by atoms with van der Waals surface area (Å²) in [6.07, 6.45) is 7.37. The molecule has 4 heterocycles. The molecule has 234 valence electrons. The van der Waals surface area contributed by atoms with E-state index < -0.39 is 0 Å². The number of nitrogens with zero attached hydrogens (tertiary/aromatic N) is 7. The molecule has 0 radical (unpaired) electrons. The van der Waals surface area contributed by atoms with Gasteiger partial charge in [0.05, 0.1) is 37.4 Å². The first kappa shape index (κ1) is 29.5. The van der Waals surface area contributed by atoms with Crippen molar-refractivity contribution in [2.24, 2.45) is 5.41 Å². The van der Waals surface area contributed by atoms with Crippen molar-refractivity contribution in [3.05, 3.63) is 65.9 Å². The number of carbonyl (C=O) groups excluding carboxylic acids is 1. The molecule has 1 amide bonds. The van der Waals surface area contributed by atoms with Gasteiger partial charge in [-0.25, -0.2) is 0 Å². The number of aromatic nitrogens is 2. The molecule has 1 atom stereocenters. The first-order chi connectivity index (χ1) is 22.0. The SMILES string of the molecule is C=CC(=O)N1CCN(c2nc(OCC3(CN4CCCC4)CC3)nc3c2CCN(c2cccc4cccc(C)c24)C3)C[C@@H]1CC#N. The number of amides is 1. The Morgan fingerprint density at radius 2 is 1.89 bits per heavy atom. The zero-order valence-electron chi connectivity index (χ0n) is 26.4. The number of aryl methyl sites for hydroxylation is 1. The fraction of sp³-hybridized carbons (Fsp3) is 0.500. The number of hydrogen-bond donors (Lipinski definition) is 0. The monoisotopic (exact) mass is 605 g/mol. The van der Waals surface area contributed by atoms with Crippen molar-refractivity contribution in [3.8, 4) is 12.1 Å². The van der Waals surface area contributed by atoms with Gasteiger partial charge >= 0.3 is 6.01 Å². The van der Waals surface area contributed by atoms with Gasteiger partial charge in [0.25, 0.3) is 0 Å².